The summed E-state index contributed by atoms with van der Waals surface area (Å²) in [5.74, 6) is -0.981. The van der Waals surface area contributed by atoms with Crippen molar-refractivity contribution < 1.29 is 19.4 Å². The third-order valence-corrected chi connectivity index (χ3v) is 6.12. The van der Waals surface area contributed by atoms with Gasteiger partial charge in [0.25, 0.3) is 11.5 Å². The van der Waals surface area contributed by atoms with Gasteiger partial charge in [-0.05, 0) is 29.1 Å². The molecule has 1 aromatic carbocycles. The summed E-state index contributed by atoms with van der Waals surface area (Å²) in [4.78, 5) is 41.3. The van der Waals surface area contributed by atoms with Crippen LogP contribution in [0.3, 0.4) is 0 Å². The second-order valence-corrected chi connectivity index (χ2v) is 8.20. The molecule has 5 rings (SSSR count). The molecule has 0 atom stereocenters. The van der Waals surface area contributed by atoms with Crippen molar-refractivity contribution in [2.75, 3.05) is 11.9 Å². The van der Waals surface area contributed by atoms with Crippen molar-refractivity contribution in [3.05, 3.63) is 62.8 Å². The van der Waals surface area contributed by atoms with Gasteiger partial charge in [-0.15, -0.1) is 35.1 Å². The number of ether oxygens (including phenoxy) is 1. The van der Waals surface area contributed by atoms with E-state index in [1.807, 2.05) is 41.1 Å². The normalized spacial score (nSPS) is 12.0. The number of aromatic carboxylic acids is 1. The van der Waals surface area contributed by atoms with Crippen LogP contribution in [0.1, 0.15) is 16.2 Å². The van der Waals surface area contributed by atoms with E-state index >= 15 is 0 Å². The number of carbonyl (C=O) groups excluding carboxylic acids is 1. The van der Waals surface area contributed by atoms with Crippen LogP contribution in [0.15, 0.2) is 45.9 Å². The Morgan fingerprint density at radius 3 is 2.75 bits per heavy atom. The highest BCUT2D eigenvalue weighted by Gasteiger charge is 2.16. The van der Waals surface area contributed by atoms with Gasteiger partial charge in [-0.2, -0.15) is 0 Å². The summed E-state index contributed by atoms with van der Waals surface area (Å²) in [6, 6.07) is 9.34. The molecular weight excluding hydrogens is 476 g/mol. The molecule has 0 unspecified atom stereocenters. The topological polar surface area (TPSA) is 147 Å². The number of rotatable bonds is 3. The molecule has 4 aromatic rings. The average Bonchev–Trinajstić information content (AvgIpc) is 3.43. The number of amides is 1. The number of aromatic amines is 1. The Labute approximate surface area is 195 Å². The Morgan fingerprint density at radius 2 is 2.06 bits per heavy atom. The molecule has 0 saturated carbocycles. The number of halogens is 1. The van der Waals surface area contributed by atoms with E-state index in [-0.39, 0.29) is 30.7 Å². The highest BCUT2D eigenvalue weighted by atomic mass is 35.5. The number of nitrogens with zero attached hydrogens (tertiary/aromatic N) is 1. The molecule has 9 nitrogen and oxygen atoms in total. The molecule has 0 fully saturated rings. The number of hydrogen-bond donors (Lipinski definition) is 4. The third kappa shape index (κ3) is 4.81. The number of nitrogens with one attached hydrogen (secondary N) is 2. The van der Waals surface area contributed by atoms with Gasteiger partial charge in [0.2, 0.25) is 5.82 Å². The molecule has 4 heterocycles. The van der Waals surface area contributed by atoms with E-state index in [2.05, 4.69) is 15.3 Å². The molecule has 0 aliphatic carbocycles. The molecule has 0 bridgehead atoms. The molecule has 0 spiro atoms. The molecule has 1 aliphatic heterocycles. The third-order valence-electron chi connectivity index (χ3n) is 4.35. The fraction of sp³-hybridized carbons (Fsp3) is 0.100. The maximum Gasteiger partial charge on any atom is 0.372 e. The van der Waals surface area contributed by atoms with Gasteiger partial charge >= 0.3 is 5.97 Å². The second kappa shape index (κ2) is 9.92. The molecule has 12 heteroatoms. The monoisotopic (exact) mass is 492 g/mol. The number of thiophene rings is 2. The first-order valence-corrected chi connectivity index (χ1v) is 10.8. The molecule has 3 aromatic heterocycles. The first-order valence-electron chi connectivity index (χ1n) is 9.00. The van der Waals surface area contributed by atoms with E-state index in [1.165, 1.54) is 22.7 Å². The van der Waals surface area contributed by atoms with Gasteiger partial charge in [-0.3, -0.25) is 9.59 Å². The lowest BCUT2D eigenvalue weighted by atomic mass is 10.1. The zero-order chi connectivity index (χ0) is 22.0. The SMILES string of the molecule is Cl.NCc1ccc2c(c1)NC(=O)CO2.O=C(O)c1nc2scc(-c3cccs3)c2c(=O)[nH]1. The summed E-state index contributed by atoms with van der Waals surface area (Å²) in [6.45, 7) is 0.554. The number of H-pyrrole nitrogens is 1. The maximum absolute atomic E-state index is 11.9. The highest BCUT2D eigenvalue weighted by molar-refractivity contribution is 7.18. The summed E-state index contributed by atoms with van der Waals surface area (Å²) >= 11 is 2.79. The number of anilines is 1. The van der Waals surface area contributed by atoms with Crippen LogP contribution in [-0.4, -0.2) is 33.6 Å². The van der Waals surface area contributed by atoms with Crippen LogP contribution in [0.5, 0.6) is 5.75 Å². The fourth-order valence-corrected chi connectivity index (χ4v) is 4.68. The van der Waals surface area contributed by atoms with E-state index in [0.29, 0.717) is 28.2 Å². The quantitative estimate of drug-likeness (QED) is 0.343. The molecule has 1 aliphatic rings. The number of fused-ring (bicyclic) bond motifs is 2. The Kier molecular flexibility index (Phi) is 7.26. The zero-order valence-corrected chi connectivity index (χ0v) is 18.7. The number of aromatic nitrogens is 2. The molecule has 0 saturated heterocycles. The van der Waals surface area contributed by atoms with Gasteiger partial charge in [0.15, 0.2) is 6.61 Å². The van der Waals surface area contributed by atoms with E-state index < -0.39 is 11.5 Å². The predicted molar refractivity (Wildman–Crippen MR) is 126 cm³/mol. The highest BCUT2D eigenvalue weighted by Crippen LogP contribution is 2.33. The van der Waals surface area contributed by atoms with Gasteiger partial charge in [-0.1, -0.05) is 12.1 Å². The molecular formula is C20H17ClN4O5S2. The number of carboxylic acids is 1. The fourth-order valence-electron chi connectivity index (χ4n) is 2.92. The minimum Gasteiger partial charge on any atom is -0.482 e. The van der Waals surface area contributed by atoms with Gasteiger partial charge in [0.1, 0.15) is 10.6 Å². The van der Waals surface area contributed by atoms with Crippen LogP contribution in [0.4, 0.5) is 5.69 Å². The van der Waals surface area contributed by atoms with Gasteiger partial charge < -0.3 is 25.9 Å². The standard InChI is InChI=1S/C11H6N2O3S2.C9H10N2O2.ClH/c14-9-7-5(6-2-1-3-17-6)4-18-10(7)13-8(12-9)11(15)16;10-4-6-1-2-8-7(3-6)11-9(12)5-13-8;/h1-4H,(H,15,16)(H,12,13,14);1-3H,4-5,10H2,(H,11,12);1H. The average molecular weight is 493 g/mol. The summed E-state index contributed by atoms with van der Waals surface area (Å²) in [6.07, 6.45) is 0. The first-order chi connectivity index (χ1) is 15.0. The van der Waals surface area contributed by atoms with Crippen LogP contribution >= 0.6 is 35.1 Å². The Morgan fingerprint density at radius 1 is 1.25 bits per heavy atom. The van der Waals surface area contributed by atoms with Crippen molar-refractivity contribution in [2.45, 2.75) is 6.54 Å². The first kappa shape index (κ1) is 23.4. The number of nitrogens with two attached hydrogens (primary N) is 1. The van der Waals surface area contributed by atoms with Crippen molar-refractivity contribution in [1.82, 2.24) is 9.97 Å². The number of carbonyl (C=O) groups is 2. The Balaban J connectivity index is 0.000000184. The molecule has 0 radical (unpaired) electrons. The lowest BCUT2D eigenvalue weighted by Crippen LogP contribution is -2.25. The smallest absolute Gasteiger partial charge is 0.372 e. The summed E-state index contributed by atoms with van der Waals surface area (Å²) in [5, 5.41) is 15.7. The van der Waals surface area contributed by atoms with Crippen molar-refractivity contribution in [2.24, 2.45) is 5.73 Å². The van der Waals surface area contributed by atoms with E-state index in [9.17, 15) is 14.4 Å². The molecule has 32 heavy (non-hydrogen) atoms. The largest absolute Gasteiger partial charge is 0.482 e. The zero-order valence-electron chi connectivity index (χ0n) is 16.3. The van der Waals surface area contributed by atoms with Crippen molar-refractivity contribution in [1.29, 1.82) is 0 Å². The molecule has 5 N–H and O–H groups in total. The van der Waals surface area contributed by atoms with Crippen molar-refractivity contribution in [3.8, 4) is 16.2 Å². The van der Waals surface area contributed by atoms with Crippen LogP contribution < -0.4 is 21.3 Å². The number of carboxylic acid groups (broad SMARTS) is 1. The van der Waals surface area contributed by atoms with Gasteiger partial charge in [0, 0.05) is 22.4 Å². The van der Waals surface area contributed by atoms with Crippen LogP contribution in [0, 0.1) is 0 Å². The predicted octanol–water partition coefficient (Wildman–Crippen LogP) is 3.31. The van der Waals surface area contributed by atoms with Crippen LogP contribution in [0.25, 0.3) is 20.7 Å². The van der Waals surface area contributed by atoms with Crippen molar-refractivity contribution >= 4 is 62.9 Å². The minimum absolute atomic E-state index is 0. The Bertz CT molecular complexity index is 1330. The summed E-state index contributed by atoms with van der Waals surface area (Å²) < 4.78 is 5.18. The number of benzene rings is 1. The molecule has 1 amide bonds. The van der Waals surface area contributed by atoms with Crippen LogP contribution in [0.2, 0.25) is 0 Å². The Hall–Kier alpha value is -3.25. The van der Waals surface area contributed by atoms with Crippen molar-refractivity contribution in [3.63, 3.8) is 0 Å². The van der Waals surface area contributed by atoms with E-state index in [1.54, 1.807) is 0 Å². The van der Waals surface area contributed by atoms with Crippen LogP contribution in [-0.2, 0) is 11.3 Å². The lowest BCUT2D eigenvalue weighted by Gasteiger charge is -2.18. The lowest BCUT2D eigenvalue weighted by molar-refractivity contribution is -0.118. The van der Waals surface area contributed by atoms with Gasteiger partial charge in [0.05, 0.1) is 11.1 Å². The summed E-state index contributed by atoms with van der Waals surface area (Å²) in [7, 11) is 0. The molecule has 166 valence electrons. The minimum atomic E-state index is -1.24. The summed E-state index contributed by atoms with van der Waals surface area (Å²) in [5.41, 5.74) is 7.53. The number of hydrogen-bond acceptors (Lipinski definition) is 8. The van der Waals surface area contributed by atoms with E-state index in [0.717, 1.165) is 16.0 Å². The van der Waals surface area contributed by atoms with E-state index in [4.69, 9.17) is 15.6 Å². The second-order valence-electron chi connectivity index (χ2n) is 6.40. The maximum atomic E-state index is 11.9. The van der Waals surface area contributed by atoms with Gasteiger partial charge in [-0.25, -0.2) is 9.78 Å².